The van der Waals surface area contributed by atoms with Crippen molar-refractivity contribution in [3.8, 4) is 79.4 Å². The summed E-state index contributed by atoms with van der Waals surface area (Å²) in [5, 5.41) is 97.8. The maximum absolute atomic E-state index is 11.9. The van der Waals surface area contributed by atoms with Crippen molar-refractivity contribution in [1.29, 1.82) is 0 Å². The lowest BCUT2D eigenvalue weighted by Gasteiger charge is -2.23. The van der Waals surface area contributed by atoms with Gasteiger partial charge in [-0.15, -0.1) is 0 Å². The molecule has 0 saturated carbocycles. The molecule has 0 amide bonds. The van der Waals surface area contributed by atoms with E-state index in [1.807, 2.05) is 109 Å². The third-order valence-electron chi connectivity index (χ3n) is 11.7. The quantitative estimate of drug-likeness (QED) is 0.0493. The fourth-order valence-electron chi connectivity index (χ4n) is 9.00. The Bertz CT molecular complexity index is 3560. The number of phenols is 8. The van der Waals surface area contributed by atoms with Crippen LogP contribution in [0.4, 0.5) is 0 Å². The molecule has 0 radical (unpaired) electrons. The van der Waals surface area contributed by atoms with Crippen LogP contribution in [0.15, 0.2) is 138 Å². The number of hydrogen-bond donors (Lipinski definition) is 8. The Morgan fingerprint density at radius 3 is 1.39 bits per heavy atom. The maximum atomic E-state index is 11.9. The first kappa shape index (κ1) is 34.0. The van der Waals surface area contributed by atoms with E-state index >= 15 is 0 Å². The first-order valence-electron chi connectivity index (χ1n) is 18.7. The molecule has 10 aromatic carbocycles. The average Bonchev–Trinajstić information content (AvgIpc) is 3.67. The largest absolute Gasteiger partial charge is 0.504 e. The molecule has 11 rings (SSSR count). The van der Waals surface area contributed by atoms with Gasteiger partial charge < -0.3 is 45.3 Å². The Morgan fingerprint density at radius 1 is 0.288 bits per heavy atom. The molecule has 0 saturated heterocycles. The van der Waals surface area contributed by atoms with Gasteiger partial charge in [0.1, 0.15) is 11.2 Å². The second-order valence-corrected chi connectivity index (χ2v) is 14.8. The molecule has 8 N–H and O–H groups in total. The molecule has 9 nitrogen and oxygen atoms in total. The topological polar surface area (TPSA) is 175 Å². The second kappa shape index (κ2) is 12.1. The molecule has 0 atom stereocenters. The molecule has 0 bridgehead atoms. The summed E-state index contributed by atoms with van der Waals surface area (Å²) in [6, 6.07) is 41.8. The van der Waals surface area contributed by atoms with Crippen LogP contribution < -0.4 is 0 Å². The molecular weight excluding hydrogens is 745 g/mol. The van der Waals surface area contributed by atoms with Crippen LogP contribution in [0.5, 0.6) is 46.0 Å². The van der Waals surface area contributed by atoms with Gasteiger partial charge in [-0.2, -0.15) is 0 Å². The van der Waals surface area contributed by atoms with E-state index in [0.717, 1.165) is 43.4 Å². The smallest absolute Gasteiger partial charge is 0.204 e. The van der Waals surface area contributed by atoms with E-state index in [1.165, 1.54) is 0 Å². The van der Waals surface area contributed by atoms with E-state index in [1.54, 1.807) is 24.3 Å². The van der Waals surface area contributed by atoms with Crippen LogP contribution in [0, 0.1) is 0 Å². The highest BCUT2D eigenvalue weighted by molar-refractivity contribution is 6.33. The van der Waals surface area contributed by atoms with Gasteiger partial charge in [-0.1, -0.05) is 109 Å². The van der Waals surface area contributed by atoms with Gasteiger partial charge >= 0.3 is 0 Å². The van der Waals surface area contributed by atoms with Gasteiger partial charge in [-0.25, -0.2) is 0 Å². The van der Waals surface area contributed by atoms with Crippen molar-refractivity contribution in [2.24, 2.45) is 0 Å². The summed E-state index contributed by atoms with van der Waals surface area (Å²) in [6.07, 6.45) is 0. The summed E-state index contributed by atoms with van der Waals surface area (Å²) >= 11 is 0. The van der Waals surface area contributed by atoms with Gasteiger partial charge in [0.05, 0.1) is 0 Å². The summed E-state index contributed by atoms with van der Waals surface area (Å²) < 4.78 is 6.52. The first-order valence-corrected chi connectivity index (χ1v) is 18.7. The molecule has 0 unspecified atom stereocenters. The number of benzene rings is 10. The predicted molar refractivity (Wildman–Crippen MR) is 231 cm³/mol. The highest BCUT2D eigenvalue weighted by Crippen LogP contribution is 2.62. The van der Waals surface area contributed by atoms with Crippen molar-refractivity contribution in [2.45, 2.75) is 0 Å². The normalized spacial score (nSPS) is 11.9. The number of aromatic hydroxyl groups is 8. The Labute approximate surface area is 333 Å². The zero-order valence-corrected chi connectivity index (χ0v) is 30.7. The van der Waals surface area contributed by atoms with Crippen LogP contribution >= 0.6 is 0 Å². The standard InChI is InChI=1S/C50H30O9/c51-43-39-35(28-17-16-26-20-25(14-15-27(26)21-28)23-8-2-1-3-9-23)40-42(46(54)50(58)48(56)44(40)52)38(41(39)45(53)49(57)47(43)55)32-22-34-37(31-13-7-6-12-30(31)32)36-29-11-5-4-10-24(29)18-19-33(36)59-34/h1-22,51-58H. The fraction of sp³-hybridized carbons (Fsp3) is 0. The van der Waals surface area contributed by atoms with Crippen molar-refractivity contribution >= 4 is 75.8 Å². The van der Waals surface area contributed by atoms with E-state index in [0.29, 0.717) is 33.1 Å². The highest BCUT2D eigenvalue weighted by atomic mass is 16.4. The molecule has 1 aromatic heterocycles. The molecule has 0 spiro atoms. The number of hydrogen-bond acceptors (Lipinski definition) is 9. The minimum absolute atomic E-state index is 0.0282. The summed E-state index contributed by atoms with van der Waals surface area (Å²) in [7, 11) is 0. The molecule has 1 heterocycles. The molecule has 284 valence electrons. The molecule has 9 heteroatoms. The number of furan rings is 1. The van der Waals surface area contributed by atoms with E-state index < -0.39 is 46.0 Å². The van der Waals surface area contributed by atoms with Gasteiger partial charge in [0.15, 0.2) is 23.0 Å². The molecule has 0 fully saturated rings. The lowest BCUT2D eigenvalue weighted by Crippen LogP contribution is -1.95. The third-order valence-corrected chi connectivity index (χ3v) is 11.7. The summed E-state index contributed by atoms with van der Waals surface area (Å²) in [4.78, 5) is 0. The molecule has 11 aromatic rings. The van der Waals surface area contributed by atoms with Crippen LogP contribution in [0.3, 0.4) is 0 Å². The number of rotatable bonds is 3. The van der Waals surface area contributed by atoms with Crippen LogP contribution in [-0.4, -0.2) is 40.9 Å². The lowest BCUT2D eigenvalue weighted by molar-refractivity contribution is 0.350. The molecule has 0 aliphatic carbocycles. The van der Waals surface area contributed by atoms with Crippen molar-refractivity contribution in [1.82, 2.24) is 0 Å². The summed E-state index contributed by atoms with van der Waals surface area (Å²) in [6.45, 7) is 0. The van der Waals surface area contributed by atoms with Crippen LogP contribution in [0.25, 0.3) is 109 Å². The lowest BCUT2D eigenvalue weighted by atomic mass is 9.82. The Morgan fingerprint density at radius 2 is 0.763 bits per heavy atom. The highest BCUT2D eigenvalue weighted by Gasteiger charge is 2.33. The van der Waals surface area contributed by atoms with E-state index in [2.05, 4.69) is 0 Å². The molecular formula is C50H30O9. The second-order valence-electron chi connectivity index (χ2n) is 14.8. The van der Waals surface area contributed by atoms with Gasteiger partial charge in [-0.3, -0.25) is 0 Å². The minimum Gasteiger partial charge on any atom is -0.504 e. The van der Waals surface area contributed by atoms with E-state index in [4.69, 9.17) is 4.42 Å². The summed E-state index contributed by atoms with van der Waals surface area (Å²) in [5.41, 5.74) is 3.54. The number of fused-ring (bicyclic) bond motifs is 10. The van der Waals surface area contributed by atoms with Gasteiger partial charge in [0.25, 0.3) is 0 Å². The van der Waals surface area contributed by atoms with Crippen LogP contribution in [0.2, 0.25) is 0 Å². The van der Waals surface area contributed by atoms with Crippen LogP contribution in [0.1, 0.15) is 0 Å². The maximum Gasteiger partial charge on any atom is 0.204 e. The van der Waals surface area contributed by atoms with Gasteiger partial charge in [0, 0.05) is 43.4 Å². The van der Waals surface area contributed by atoms with Crippen molar-refractivity contribution in [3.63, 3.8) is 0 Å². The molecule has 0 aliphatic rings. The van der Waals surface area contributed by atoms with Gasteiger partial charge in [0.2, 0.25) is 23.0 Å². The Kier molecular flexibility index (Phi) is 6.97. The molecule has 0 aliphatic heterocycles. The predicted octanol–water partition coefficient (Wildman–Crippen LogP) is 12.0. The van der Waals surface area contributed by atoms with E-state index in [-0.39, 0.29) is 32.7 Å². The Balaban J connectivity index is 1.32. The SMILES string of the molecule is Oc1c(O)c(O)c2c(-c3cc4oc5ccc6ccccc6c5c4c4ccccc34)c3c(O)c(O)c(O)c(O)c3c(-c3ccc4cc(-c5ccccc5)ccc4c3)c2c1O. The van der Waals surface area contributed by atoms with E-state index in [9.17, 15) is 40.9 Å². The monoisotopic (exact) mass is 774 g/mol. The first-order chi connectivity index (χ1) is 28.6. The van der Waals surface area contributed by atoms with Crippen molar-refractivity contribution in [2.75, 3.05) is 0 Å². The molecule has 59 heavy (non-hydrogen) atoms. The summed E-state index contributed by atoms with van der Waals surface area (Å²) in [5.74, 6) is -7.56. The van der Waals surface area contributed by atoms with Crippen molar-refractivity contribution < 1.29 is 45.3 Å². The minimum atomic E-state index is -1.04. The Hall–Kier alpha value is -8.30. The van der Waals surface area contributed by atoms with Crippen LogP contribution in [-0.2, 0) is 0 Å². The zero-order valence-electron chi connectivity index (χ0n) is 30.7. The zero-order chi connectivity index (χ0) is 40.4. The number of phenolic OH excluding ortho intramolecular Hbond substituents is 8. The van der Waals surface area contributed by atoms with Crippen molar-refractivity contribution in [3.05, 3.63) is 133 Å². The average molecular weight is 775 g/mol. The van der Waals surface area contributed by atoms with Gasteiger partial charge in [-0.05, 0) is 78.8 Å². The third kappa shape index (κ3) is 4.61. The fourth-order valence-corrected chi connectivity index (χ4v) is 9.00.